The van der Waals surface area contributed by atoms with Gasteiger partial charge in [0.05, 0.1) is 90.8 Å². The topological polar surface area (TPSA) is 253 Å². The van der Waals surface area contributed by atoms with Crippen LogP contribution in [-0.4, -0.2) is 131 Å². The maximum Gasteiger partial charge on any atom is 0.324 e. The highest BCUT2D eigenvalue weighted by Gasteiger charge is 2.26. The number of fused-ring (bicyclic) bond motifs is 3. The molecule has 0 radical (unpaired) electrons. The van der Waals surface area contributed by atoms with Gasteiger partial charge in [-0.25, -0.2) is 28.4 Å². The third-order valence-electron chi connectivity index (χ3n) is 19.3. The Morgan fingerprint density at radius 1 is 0.513 bits per heavy atom. The van der Waals surface area contributed by atoms with E-state index >= 15 is 0 Å². The highest BCUT2D eigenvalue weighted by molar-refractivity contribution is 6.09. The van der Waals surface area contributed by atoms with Crippen molar-refractivity contribution in [1.82, 2.24) is 39.6 Å². The molecule has 3 aromatic heterocycles. The fourth-order valence-electron chi connectivity index (χ4n) is 12.7. The van der Waals surface area contributed by atoms with E-state index < -0.39 is 0 Å². The minimum absolute atomic E-state index is 0.0179. The molecule has 5 heterocycles. The molecular formula is C91H110N14O8. The van der Waals surface area contributed by atoms with Gasteiger partial charge in [0, 0.05) is 99.5 Å². The molecule has 22 heteroatoms. The van der Waals surface area contributed by atoms with Crippen molar-refractivity contribution in [3.63, 3.8) is 0 Å². The number of nitrogens with zero attached hydrogens (tertiary/aromatic N) is 8. The van der Waals surface area contributed by atoms with E-state index in [0.717, 1.165) is 154 Å². The van der Waals surface area contributed by atoms with E-state index in [1.807, 2.05) is 190 Å². The summed E-state index contributed by atoms with van der Waals surface area (Å²) in [6.45, 7) is 36.5. The van der Waals surface area contributed by atoms with Gasteiger partial charge in [-0.2, -0.15) is 20.3 Å². The molecule has 592 valence electrons. The zero-order chi connectivity index (χ0) is 81.0. The monoisotopic (exact) mass is 1530 g/mol. The molecule has 14 rings (SSSR count). The number of isocyanates is 1. The van der Waals surface area contributed by atoms with E-state index in [4.69, 9.17) is 39.6 Å². The van der Waals surface area contributed by atoms with E-state index in [-0.39, 0.29) is 28.3 Å². The molecule has 22 nitrogen and oxygen atoms in total. The first-order valence-corrected chi connectivity index (χ1v) is 38.6. The number of ether oxygens (including phenoxy) is 5. The van der Waals surface area contributed by atoms with Crippen LogP contribution in [0.25, 0.3) is 49.4 Å². The van der Waals surface area contributed by atoms with Crippen LogP contribution in [0.1, 0.15) is 123 Å². The summed E-state index contributed by atoms with van der Waals surface area (Å²) in [7, 11) is 3.26. The lowest BCUT2D eigenvalue weighted by atomic mass is 9.92. The van der Waals surface area contributed by atoms with Crippen LogP contribution in [0.15, 0.2) is 205 Å². The Labute approximate surface area is 664 Å². The number of hydrogen-bond acceptors (Lipinski definition) is 15. The lowest BCUT2D eigenvalue weighted by Crippen LogP contribution is -2.43. The fraction of sp³-hybridized carbons (Fsp3) is 0.341. The lowest BCUT2D eigenvalue weighted by molar-refractivity contribution is -0.0324. The number of carbonyl (C=O) groups excluding carboxylic acids is 3. The van der Waals surface area contributed by atoms with Crippen molar-refractivity contribution in [3.8, 4) is 34.3 Å². The van der Waals surface area contributed by atoms with Crippen molar-refractivity contribution in [2.45, 2.75) is 138 Å². The zero-order valence-corrected chi connectivity index (χ0v) is 68.2. The molecule has 2 aliphatic rings. The minimum Gasteiger partial charge on any atom is -0.496 e. The predicted molar refractivity (Wildman–Crippen MR) is 458 cm³/mol. The minimum atomic E-state index is -0.339. The number of methoxy groups -OCH3 is 2. The number of nitrogen functional groups attached to an aromatic ring is 1. The molecule has 12 aromatic rings. The second-order valence-electron chi connectivity index (χ2n) is 31.1. The Hall–Kier alpha value is -11.7. The third kappa shape index (κ3) is 22.6. The summed E-state index contributed by atoms with van der Waals surface area (Å²) in [5.74, 6) is 4.23. The van der Waals surface area contributed by atoms with Crippen molar-refractivity contribution in [3.05, 3.63) is 234 Å². The van der Waals surface area contributed by atoms with Gasteiger partial charge < -0.3 is 45.4 Å². The average Bonchev–Trinajstić information content (AvgIpc) is 1.72. The molecule has 0 aliphatic carbocycles. The number of nitrogens with two attached hydrogens (primary N) is 1. The van der Waals surface area contributed by atoms with E-state index in [0.29, 0.717) is 53.3 Å². The van der Waals surface area contributed by atoms with Crippen molar-refractivity contribution in [2.24, 2.45) is 4.99 Å². The fourth-order valence-corrected chi connectivity index (χ4v) is 12.7. The second-order valence-corrected chi connectivity index (χ2v) is 31.1. The molecule has 0 bridgehead atoms. The Morgan fingerprint density at radius 2 is 0.920 bits per heavy atom. The van der Waals surface area contributed by atoms with Crippen LogP contribution < -0.4 is 46.5 Å². The van der Waals surface area contributed by atoms with Crippen molar-refractivity contribution < 1.29 is 38.1 Å². The van der Waals surface area contributed by atoms with Gasteiger partial charge in [-0.15, -0.1) is 0 Å². The number of aliphatic imine (C=N–C) groups is 1. The molecular weight excluding hydrogens is 1420 g/mol. The van der Waals surface area contributed by atoms with Gasteiger partial charge >= 0.3 is 12.1 Å². The van der Waals surface area contributed by atoms with Crippen molar-refractivity contribution in [1.29, 1.82) is 0 Å². The molecule has 2 aliphatic heterocycles. The van der Waals surface area contributed by atoms with Crippen molar-refractivity contribution >= 4 is 85.0 Å². The first-order valence-electron chi connectivity index (χ1n) is 38.6. The van der Waals surface area contributed by atoms with Crippen LogP contribution in [0.5, 0.6) is 17.2 Å². The molecule has 2 unspecified atom stereocenters. The highest BCUT2D eigenvalue weighted by Crippen LogP contribution is 2.37. The molecule has 2 saturated heterocycles. The van der Waals surface area contributed by atoms with Gasteiger partial charge in [0.25, 0.3) is 0 Å². The molecule has 0 saturated carbocycles. The van der Waals surface area contributed by atoms with Gasteiger partial charge in [-0.1, -0.05) is 202 Å². The molecule has 7 N–H and O–H groups in total. The number of anilines is 5. The maximum atomic E-state index is 13.3. The van der Waals surface area contributed by atoms with Gasteiger partial charge in [0.15, 0.2) is 0 Å². The molecule has 4 amide bonds. The molecule has 2 fully saturated rings. The average molecular weight is 1530 g/mol. The predicted octanol–water partition coefficient (Wildman–Crippen LogP) is 19.3. The number of morpholine rings is 2. The van der Waals surface area contributed by atoms with Crippen LogP contribution in [0.4, 0.5) is 44.1 Å². The van der Waals surface area contributed by atoms with Crippen LogP contribution in [-0.2, 0) is 30.5 Å². The number of urea groups is 2. The normalized spacial score (nSPS) is 14.3. The Bertz CT molecular complexity index is 5190. The zero-order valence-electron chi connectivity index (χ0n) is 68.2. The number of nitrogens with one attached hydrogen (secondary N) is 5. The van der Waals surface area contributed by atoms with Crippen LogP contribution >= 0.6 is 0 Å². The Balaban J connectivity index is 0.000000165. The van der Waals surface area contributed by atoms with Crippen LogP contribution in [0, 0.1) is 20.8 Å². The number of carbonyl (C=O) groups is 2. The van der Waals surface area contributed by atoms with Gasteiger partial charge in [-0.3, -0.25) is 15.5 Å². The van der Waals surface area contributed by atoms with Crippen LogP contribution in [0.2, 0.25) is 0 Å². The van der Waals surface area contributed by atoms with E-state index in [9.17, 15) is 14.4 Å². The number of aryl methyl sites for hydroxylation is 3. The van der Waals surface area contributed by atoms with E-state index in [1.54, 1.807) is 46.5 Å². The Morgan fingerprint density at radius 3 is 1.35 bits per heavy atom. The van der Waals surface area contributed by atoms with E-state index in [1.165, 1.54) is 5.56 Å². The third-order valence-corrected chi connectivity index (χ3v) is 19.3. The number of benzene rings is 9. The number of aromatic nitrogens is 6. The molecule has 2 atom stereocenters. The molecule has 0 spiro atoms. The summed E-state index contributed by atoms with van der Waals surface area (Å²) in [5.41, 5.74) is 16.8. The summed E-state index contributed by atoms with van der Waals surface area (Å²) in [5, 5.41) is 35.0. The van der Waals surface area contributed by atoms with Crippen molar-refractivity contribution in [2.75, 3.05) is 93.8 Å². The van der Waals surface area contributed by atoms with E-state index in [2.05, 4.69) is 137 Å². The highest BCUT2D eigenvalue weighted by atomic mass is 16.5. The summed E-state index contributed by atoms with van der Waals surface area (Å²) in [6.07, 6.45) is 4.48. The number of hydrogen-bond donors (Lipinski definition) is 6. The number of amides is 4. The smallest absolute Gasteiger partial charge is 0.324 e. The SMILES string of the molecule is CCC1CN(CCOc2ccc(NC(=O)Nc3cc(C(C)(C)C)nn3-c3ccc(C)cc3)c3ccccc23)CCO1.CCC1CNCCO1.COc1ccc(N=C=O)c2ccccc12.COc1ccc(NC(=O)Nc2cc(C(C)(C)C)nn2-c2ccc(C)cc2)c2ccccc12.Cc1ccc(-n2nc(C(C)(C)C)cc2N)cc1. The first-order chi connectivity index (χ1) is 54.1. The number of rotatable bonds is 16. The lowest BCUT2D eigenvalue weighted by Gasteiger charge is -2.32. The summed E-state index contributed by atoms with van der Waals surface area (Å²) < 4.78 is 33.4. The summed E-state index contributed by atoms with van der Waals surface area (Å²) in [4.78, 5) is 42.6. The van der Waals surface area contributed by atoms with Gasteiger partial charge in [0.1, 0.15) is 41.3 Å². The standard InChI is InChI=1S/C33H41N5O3.C26H28N4O2.C14H19N3.C12H9NO2.C6H13NO/c1-6-25-22-37(17-19-40-25)18-20-41-29-16-15-28(26-9-7-8-10-27(26)29)34-32(39)35-31-21-30(33(3,4)5)36-38(31)24-13-11-23(2)12-14-24;1-17-10-12-18(13-11-17)30-24(16-23(29-30)26(2,3)4)28-25(31)27-21-14-15-22(32-5)20-9-7-6-8-19(20)21;1-10-5-7-11(8-6-10)17-13(15)9-12(16-17)14(2,3)4;1-15-12-7-6-11(13-8-14)9-4-2-3-5-10(9)12;1-2-6-5-7-3-4-8-6/h7-16,21,25H,6,17-20,22H2,1-5H3,(H2,34,35,39);6-16H,1-5H3,(H2,27,28,31);5-9H,15H2,1-4H3;2-7H,1H3;6-7H,2-5H2,1H3. The quantitative estimate of drug-likeness (QED) is 0.0389. The van der Waals surface area contributed by atoms with Crippen LogP contribution in [0.3, 0.4) is 0 Å². The summed E-state index contributed by atoms with van der Waals surface area (Å²) in [6, 6.07) is 63.9. The molecule has 9 aromatic carbocycles. The summed E-state index contributed by atoms with van der Waals surface area (Å²) >= 11 is 0. The second kappa shape index (κ2) is 38.5. The Kier molecular flexibility index (Phi) is 28.6. The van der Waals surface area contributed by atoms with Gasteiger partial charge in [0.2, 0.25) is 6.08 Å². The molecule has 113 heavy (non-hydrogen) atoms. The first kappa shape index (κ1) is 83.8. The van der Waals surface area contributed by atoms with Gasteiger partial charge in [-0.05, 0) is 106 Å². The maximum absolute atomic E-state index is 13.3. The largest absolute Gasteiger partial charge is 0.496 e.